The van der Waals surface area contributed by atoms with E-state index in [2.05, 4.69) is 11.4 Å². The monoisotopic (exact) mass is 290 g/mol. The fourth-order valence-electron chi connectivity index (χ4n) is 2.33. The Hall–Kier alpha value is -1.88. The molecule has 1 fully saturated rings. The normalized spacial score (nSPS) is 15.1. The number of amides is 2. The number of benzene rings is 1. The zero-order valence-electron chi connectivity index (χ0n) is 12.4. The van der Waals surface area contributed by atoms with Crippen LogP contribution in [-0.4, -0.2) is 49.6 Å². The van der Waals surface area contributed by atoms with E-state index in [0.29, 0.717) is 32.7 Å². The zero-order valence-corrected chi connectivity index (χ0v) is 12.4. The van der Waals surface area contributed by atoms with Gasteiger partial charge in [0.05, 0.1) is 6.61 Å². The average molecular weight is 290 g/mol. The molecule has 1 aromatic carbocycles. The highest BCUT2D eigenvalue weighted by molar-refractivity contribution is 5.78. The van der Waals surface area contributed by atoms with E-state index in [9.17, 15) is 9.59 Å². The van der Waals surface area contributed by atoms with E-state index >= 15 is 0 Å². The zero-order chi connectivity index (χ0) is 15.1. The van der Waals surface area contributed by atoms with Crippen LogP contribution < -0.4 is 5.32 Å². The molecule has 0 unspecified atom stereocenters. The Labute approximate surface area is 125 Å². The lowest BCUT2D eigenvalue weighted by molar-refractivity contribution is -0.142. The lowest BCUT2D eigenvalue weighted by atomic mass is 10.1. The number of carbonyl (C=O) groups excluding carboxylic acids is 2. The third-order valence-electron chi connectivity index (χ3n) is 3.51. The van der Waals surface area contributed by atoms with Gasteiger partial charge in [0.25, 0.3) is 0 Å². The average Bonchev–Trinajstić information content (AvgIpc) is 2.47. The van der Waals surface area contributed by atoms with Gasteiger partial charge in [0, 0.05) is 26.1 Å². The number of morpholine rings is 1. The number of carbonyl (C=O) groups is 2. The molecule has 0 aliphatic carbocycles. The quantitative estimate of drug-likeness (QED) is 0.847. The van der Waals surface area contributed by atoms with Crippen LogP contribution in [0.4, 0.5) is 0 Å². The van der Waals surface area contributed by atoms with Gasteiger partial charge < -0.3 is 15.0 Å². The van der Waals surface area contributed by atoms with Crippen molar-refractivity contribution in [2.45, 2.75) is 19.8 Å². The van der Waals surface area contributed by atoms with Crippen LogP contribution >= 0.6 is 0 Å². The van der Waals surface area contributed by atoms with Crippen molar-refractivity contribution >= 4 is 11.8 Å². The molecule has 5 heteroatoms. The molecule has 0 radical (unpaired) electrons. The topological polar surface area (TPSA) is 58.6 Å². The minimum absolute atomic E-state index is 0.00439. The van der Waals surface area contributed by atoms with Crippen LogP contribution in [0.25, 0.3) is 0 Å². The number of rotatable bonds is 6. The molecule has 2 rings (SSSR count). The molecular formula is C16H22N2O3. The van der Waals surface area contributed by atoms with Crippen molar-refractivity contribution in [1.82, 2.24) is 10.2 Å². The van der Waals surface area contributed by atoms with Crippen LogP contribution in [0.1, 0.15) is 17.5 Å². The maximum absolute atomic E-state index is 11.8. The highest BCUT2D eigenvalue weighted by atomic mass is 16.5. The summed E-state index contributed by atoms with van der Waals surface area (Å²) < 4.78 is 5.06. The number of nitrogens with zero attached hydrogens (tertiary/aromatic N) is 1. The minimum atomic E-state index is -0.00439. The first-order valence-corrected chi connectivity index (χ1v) is 7.33. The number of aryl methyl sites for hydroxylation is 2. The van der Waals surface area contributed by atoms with Crippen molar-refractivity contribution in [3.05, 3.63) is 35.4 Å². The van der Waals surface area contributed by atoms with Gasteiger partial charge in [0.15, 0.2) is 0 Å². The summed E-state index contributed by atoms with van der Waals surface area (Å²) in [5.74, 6) is 0.0208. The summed E-state index contributed by atoms with van der Waals surface area (Å²) in [6.07, 6.45) is 1.21. The summed E-state index contributed by atoms with van der Waals surface area (Å²) in [4.78, 5) is 25.0. The smallest absolute Gasteiger partial charge is 0.248 e. The third-order valence-corrected chi connectivity index (χ3v) is 3.51. The highest BCUT2D eigenvalue weighted by Crippen LogP contribution is 2.06. The Balaban J connectivity index is 1.64. The molecular weight excluding hydrogens is 268 g/mol. The lowest BCUT2D eigenvalue weighted by Gasteiger charge is -2.26. The van der Waals surface area contributed by atoms with Crippen molar-refractivity contribution in [3.63, 3.8) is 0 Å². The fraction of sp³-hybridized carbons (Fsp3) is 0.500. The maximum atomic E-state index is 11.8. The first-order chi connectivity index (χ1) is 10.1. The summed E-state index contributed by atoms with van der Waals surface area (Å²) in [5.41, 5.74) is 2.38. The summed E-state index contributed by atoms with van der Waals surface area (Å²) in [6.45, 7) is 4.44. The van der Waals surface area contributed by atoms with Gasteiger partial charge >= 0.3 is 0 Å². The predicted octanol–water partition coefficient (Wildman–Crippen LogP) is 0.903. The van der Waals surface area contributed by atoms with Crippen LogP contribution in [0, 0.1) is 6.92 Å². The van der Waals surface area contributed by atoms with E-state index in [4.69, 9.17) is 4.74 Å². The lowest BCUT2D eigenvalue weighted by Crippen LogP contribution is -2.45. The maximum Gasteiger partial charge on any atom is 0.248 e. The number of ether oxygens (including phenoxy) is 1. The molecule has 1 aromatic rings. The van der Waals surface area contributed by atoms with Crippen LogP contribution in [0.15, 0.2) is 24.3 Å². The molecule has 1 N–H and O–H groups in total. The molecule has 0 aromatic heterocycles. The Morgan fingerprint density at radius 1 is 1.43 bits per heavy atom. The molecule has 1 aliphatic rings. The summed E-state index contributed by atoms with van der Waals surface area (Å²) in [5, 5.41) is 2.86. The van der Waals surface area contributed by atoms with Gasteiger partial charge in [-0.25, -0.2) is 0 Å². The minimum Gasteiger partial charge on any atom is -0.370 e. The van der Waals surface area contributed by atoms with Gasteiger partial charge in [-0.1, -0.05) is 29.8 Å². The number of hydrogen-bond acceptors (Lipinski definition) is 3. The van der Waals surface area contributed by atoms with Crippen molar-refractivity contribution in [3.8, 4) is 0 Å². The molecule has 1 aliphatic heterocycles. The van der Waals surface area contributed by atoms with Crippen LogP contribution in [-0.2, 0) is 20.7 Å². The van der Waals surface area contributed by atoms with E-state index in [1.165, 1.54) is 11.1 Å². The molecule has 1 saturated heterocycles. The fourth-order valence-corrected chi connectivity index (χ4v) is 2.33. The highest BCUT2D eigenvalue weighted by Gasteiger charge is 2.17. The Kier molecular flexibility index (Phi) is 5.75. The Morgan fingerprint density at radius 2 is 2.29 bits per heavy atom. The molecule has 2 amide bonds. The SMILES string of the molecule is Cc1cccc(CCC(=O)NCCN2CCOCC2=O)c1. The summed E-state index contributed by atoms with van der Waals surface area (Å²) in [7, 11) is 0. The van der Waals surface area contributed by atoms with Crippen molar-refractivity contribution in [2.24, 2.45) is 0 Å². The number of hydrogen-bond donors (Lipinski definition) is 1. The van der Waals surface area contributed by atoms with Gasteiger partial charge in [0.2, 0.25) is 11.8 Å². The van der Waals surface area contributed by atoms with E-state index in [1.807, 2.05) is 25.1 Å². The molecule has 1 heterocycles. The predicted molar refractivity (Wildman–Crippen MR) is 79.9 cm³/mol. The number of nitrogens with one attached hydrogen (secondary N) is 1. The van der Waals surface area contributed by atoms with Crippen LogP contribution in [0.5, 0.6) is 0 Å². The molecule has 0 saturated carbocycles. The summed E-state index contributed by atoms with van der Waals surface area (Å²) in [6, 6.07) is 8.18. The molecule has 0 spiro atoms. The van der Waals surface area contributed by atoms with E-state index in [1.54, 1.807) is 4.90 Å². The van der Waals surface area contributed by atoms with Crippen LogP contribution in [0.3, 0.4) is 0 Å². The molecule has 0 atom stereocenters. The van der Waals surface area contributed by atoms with E-state index in [-0.39, 0.29) is 18.4 Å². The molecule has 5 nitrogen and oxygen atoms in total. The second-order valence-corrected chi connectivity index (χ2v) is 5.27. The van der Waals surface area contributed by atoms with Gasteiger partial charge in [0.1, 0.15) is 6.61 Å². The van der Waals surface area contributed by atoms with Crippen LogP contribution in [0.2, 0.25) is 0 Å². The molecule has 114 valence electrons. The first kappa shape index (κ1) is 15.5. The first-order valence-electron chi connectivity index (χ1n) is 7.33. The Morgan fingerprint density at radius 3 is 3.05 bits per heavy atom. The second-order valence-electron chi connectivity index (χ2n) is 5.27. The van der Waals surface area contributed by atoms with Crippen molar-refractivity contribution in [1.29, 1.82) is 0 Å². The molecule has 0 bridgehead atoms. The second kappa shape index (κ2) is 7.78. The van der Waals surface area contributed by atoms with E-state index < -0.39 is 0 Å². The Bertz CT molecular complexity index is 502. The van der Waals surface area contributed by atoms with Crippen molar-refractivity contribution in [2.75, 3.05) is 32.8 Å². The third kappa shape index (κ3) is 5.19. The standard InChI is InChI=1S/C16H22N2O3/c1-13-3-2-4-14(11-13)5-6-15(19)17-7-8-18-9-10-21-12-16(18)20/h2-4,11H,5-10,12H2,1H3,(H,17,19). The molecule has 21 heavy (non-hydrogen) atoms. The van der Waals surface area contributed by atoms with E-state index in [0.717, 1.165) is 6.42 Å². The van der Waals surface area contributed by atoms with Gasteiger partial charge in [-0.3, -0.25) is 9.59 Å². The largest absolute Gasteiger partial charge is 0.370 e. The van der Waals surface area contributed by atoms with Crippen molar-refractivity contribution < 1.29 is 14.3 Å². The van der Waals surface area contributed by atoms with Gasteiger partial charge in [-0.15, -0.1) is 0 Å². The van der Waals surface area contributed by atoms with Gasteiger partial charge in [-0.2, -0.15) is 0 Å². The summed E-state index contributed by atoms with van der Waals surface area (Å²) >= 11 is 0. The van der Waals surface area contributed by atoms with Gasteiger partial charge in [-0.05, 0) is 18.9 Å².